The number of aliphatic imine (C=N–C) groups is 2. The lowest BCUT2D eigenvalue weighted by Crippen LogP contribution is -2.20. The molecular weight excluding hydrogens is 314 g/mol. The van der Waals surface area contributed by atoms with Crippen LogP contribution < -0.4 is 0 Å². The Morgan fingerprint density at radius 1 is 0.731 bits per heavy atom. The molecule has 0 aliphatic rings. The van der Waals surface area contributed by atoms with Crippen molar-refractivity contribution in [2.75, 3.05) is 0 Å². The molecule has 0 unspecified atom stereocenters. The molecule has 0 saturated heterocycles. The summed E-state index contributed by atoms with van der Waals surface area (Å²) >= 11 is 0. The van der Waals surface area contributed by atoms with Crippen LogP contribution in [0.2, 0.25) is 24.3 Å². The lowest BCUT2D eigenvalue weighted by Gasteiger charge is -2.20. The van der Waals surface area contributed by atoms with E-state index in [4.69, 9.17) is 9.98 Å². The predicted molar refractivity (Wildman–Crippen MR) is 121 cm³/mol. The van der Waals surface area contributed by atoms with E-state index in [1.54, 1.807) is 0 Å². The Morgan fingerprint density at radius 3 is 1.31 bits per heavy atom. The largest absolute Gasteiger partial charge is 0.287 e. The summed E-state index contributed by atoms with van der Waals surface area (Å²) in [4.78, 5) is 9.52. The summed E-state index contributed by atoms with van der Waals surface area (Å²) in [5, 5.41) is 0. The summed E-state index contributed by atoms with van der Waals surface area (Å²) in [5.74, 6) is 1.20. The minimum Gasteiger partial charge on any atom is -0.287 e. The number of hydrogen-bond acceptors (Lipinski definition) is 2. The number of nitrogens with zero attached hydrogens (tertiary/aromatic N) is 2. The minimum absolute atomic E-state index is 0.0542. The van der Waals surface area contributed by atoms with Crippen molar-refractivity contribution in [3.8, 4) is 0 Å². The zero-order chi connectivity index (χ0) is 19.8. The van der Waals surface area contributed by atoms with Crippen molar-refractivity contribution in [1.29, 1.82) is 0 Å². The molecule has 0 heterocycles. The Kier molecular flexibility index (Phi) is 8.86. The quantitative estimate of drug-likeness (QED) is 0.366. The van der Waals surface area contributed by atoms with Gasteiger partial charge >= 0.3 is 0 Å². The van der Waals surface area contributed by atoms with Crippen molar-refractivity contribution >= 4 is 27.0 Å². The maximum atomic E-state index is 4.76. The minimum atomic E-state index is -0.0542. The second-order valence-electron chi connectivity index (χ2n) is 9.18. The van der Waals surface area contributed by atoms with Gasteiger partial charge in [0, 0.05) is 23.5 Å². The van der Waals surface area contributed by atoms with Crippen LogP contribution in [-0.4, -0.2) is 38.1 Å². The van der Waals surface area contributed by atoms with Gasteiger partial charge in [-0.3, -0.25) is 9.98 Å². The van der Waals surface area contributed by atoms with Crippen LogP contribution in [0.15, 0.2) is 34.3 Å². The van der Waals surface area contributed by atoms with Gasteiger partial charge in [-0.05, 0) is 38.8 Å². The van der Waals surface area contributed by atoms with E-state index in [0.29, 0.717) is 11.6 Å². The maximum absolute atomic E-state index is 4.76. The lowest BCUT2D eigenvalue weighted by atomic mass is 9.59. The third-order valence-electron chi connectivity index (χ3n) is 4.24. The van der Waals surface area contributed by atoms with E-state index in [9.17, 15) is 0 Å². The average molecular weight is 350 g/mol. The molecule has 1 aromatic rings. The molecule has 0 aliphatic heterocycles. The van der Waals surface area contributed by atoms with Gasteiger partial charge in [-0.25, -0.2) is 0 Å². The molecule has 0 saturated carbocycles. The molecule has 0 aliphatic carbocycles. The first-order valence-corrected chi connectivity index (χ1v) is 9.86. The van der Waals surface area contributed by atoms with Crippen molar-refractivity contribution < 1.29 is 0 Å². The molecule has 0 bridgehead atoms. The summed E-state index contributed by atoms with van der Waals surface area (Å²) in [6.45, 7) is 17.6. The fourth-order valence-corrected chi connectivity index (χ4v) is 2.32. The standard InChI is InChI=1S/C22H36B2N2/c1-17(2)23-15-21(5,6)25-13-19-9-11-20(12-10-19)14-26-22(7,8)16-24-18(3)4/h9-14,17-18H,15-16H2,1-8H3. The van der Waals surface area contributed by atoms with Gasteiger partial charge in [-0.15, -0.1) is 0 Å². The summed E-state index contributed by atoms with van der Waals surface area (Å²) < 4.78 is 0. The van der Waals surface area contributed by atoms with Crippen molar-refractivity contribution in [2.24, 2.45) is 9.98 Å². The first-order chi connectivity index (χ1) is 12.0. The van der Waals surface area contributed by atoms with Crippen molar-refractivity contribution in [1.82, 2.24) is 0 Å². The van der Waals surface area contributed by atoms with E-state index in [0.717, 1.165) is 23.8 Å². The van der Waals surface area contributed by atoms with Gasteiger partial charge < -0.3 is 0 Å². The van der Waals surface area contributed by atoms with Crippen LogP contribution in [0.3, 0.4) is 0 Å². The monoisotopic (exact) mass is 350 g/mol. The Balaban J connectivity index is 2.65. The molecule has 26 heavy (non-hydrogen) atoms. The van der Waals surface area contributed by atoms with E-state index in [-0.39, 0.29) is 11.1 Å². The molecule has 0 atom stereocenters. The van der Waals surface area contributed by atoms with E-state index in [2.05, 4.69) is 94.2 Å². The van der Waals surface area contributed by atoms with Gasteiger partial charge in [0.25, 0.3) is 0 Å². The molecule has 0 fully saturated rings. The van der Waals surface area contributed by atoms with E-state index < -0.39 is 0 Å². The lowest BCUT2D eigenvalue weighted by molar-refractivity contribution is 0.580. The topological polar surface area (TPSA) is 24.7 Å². The zero-order valence-electron chi connectivity index (χ0n) is 18.1. The van der Waals surface area contributed by atoms with Crippen molar-refractivity contribution in [3.63, 3.8) is 0 Å². The first-order valence-electron chi connectivity index (χ1n) is 9.86. The molecule has 1 aromatic carbocycles. The second kappa shape index (κ2) is 10.1. The predicted octanol–water partition coefficient (Wildman–Crippen LogP) is 5.98. The Morgan fingerprint density at radius 2 is 1.04 bits per heavy atom. The van der Waals surface area contributed by atoms with Gasteiger partial charge in [0.05, 0.1) is 0 Å². The highest BCUT2D eigenvalue weighted by Crippen LogP contribution is 2.19. The highest BCUT2D eigenvalue weighted by Gasteiger charge is 2.17. The van der Waals surface area contributed by atoms with Crippen molar-refractivity contribution in [3.05, 3.63) is 35.4 Å². The average Bonchev–Trinajstić information content (AvgIpc) is 2.56. The molecule has 0 aromatic heterocycles. The Hall–Kier alpha value is -1.31. The molecule has 140 valence electrons. The van der Waals surface area contributed by atoms with Crippen molar-refractivity contribution in [2.45, 2.75) is 90.7 Å². The fraction of sp³-hybridized carbons (Fsp3) is 0.636. The summed E-state index contributed by atoms with van der Waals surface area (Å²) in [6.07, 6.45) is 5.95. The van der Waals surface area contributed by atoms with Crippen LogP contribution in [0, 0.1) is 0 Å². The Bertz CT molecular complexity index is 532. The molecule has 4 heteroatoms. The smallest absolute Gasteiger partial charge is 0.116 e. The van der Waals surface area contributed by atoms with E-state index in [1.165, 1.54) is 0 Å². The number of benzene rings is 1. The molecule has 1 rings (SSSR count). The third kappa shape index (κ3) is 9.99. The SMILES string of the molecule is CC(C)[B]CC(C)(C)N=Cc1ccc(C=NC(C)(C)C[B]C(C)C)cc1. The van der Waals surface area contributed by atoms with Gasteiger partial charge in [-0.2, -0.15) is 0 Å². The summed E-state index contributed by atoms with van der Waals surface area (Å²) in [7, 11) is 4.66. The highest BCUT2D eigenvalue weighted by molar-refractivity contribution is 6.38. The van der Waals surface area contributed by atoms with Gasteiger partial charge in [0.1, 0.15) is 14.6 Å². The van der Waals surface area contributed by atoms with Crippen LogP contribution in [0.25, 0.3) is 0 Å². The van der Waals surface area contributed by atoms with Gasteiger partial charge in [0.15, 0.2) is 0 Å². The fourth-order valence-electron chi connectivity index (χ4n) is 2.32. The Labute approximate surface area is 163 Å². The summed E-state index contributed by atoms with van der Waals surface area (Å²) in [6, 6.07) is 8.45. The van der Waals surface area contributed by atoms with Crippen LogP contribution in [0.5, 0.6) is 0 Å². The molecule has 0 N–H and O–H groups in total. The van der Waals surface area contributed by atoms with E-state index >= 15 is 0 Å². The molecular formula is C22H36B2N2. The molecule has 0 spiro atoms. The second-order valence-corrected chi connectivity index (χ2v) is 9.18. The highest BCUT2D eigenvalue weighted by atomic mass is 14.8. The van der Waals surface area contributed by atoms with Crippen LogP contribution in [0.4, 0.5) is 0 Å². The van der Waals surface area contributed by atoms with E-state index in [1.807, 2.05) is 12.4 Å². The van der Waals surface area contributed by atoms with Crippen LogP contribution in [-0.2, 0) is 0 Å². The first kappa shape index (κ1) is 22.7. The van der Waals surface area contributed by atoms with Gasteiger partial charge in [0.2, 0.25) is 0 Å². The van der Waals surface area contributed by atoms with Crippen LogP contribution >= 0.6 is 0 Å². The number of rotatable bonds is 10. The third-order valence-corrected chi connectivity index (χ3v) is 4.24. The van der Waals surface area contributed by atoms with Crippen LogP contribution in [0.1, 0.15) is 66.5 Å². The molecule has 2 radical (unpaired) electrons. The molecule has 2 nitrogen and oxygen atoms in total. The van der Waals surface area contributed by atoms with Gasteiger partial charge in [-0.1, -0.05) is 76.2 Å². The normalized spacial score (nSPS) is 13.3. The zero-order valence-corrected chi connectivity index (χ0v) is 18.1. The summed E-state index contributed by atoms with van der Waals surface area (Å²) in [5.41, 5.74) is 2.15. The number of hydrogen-bond donors (Lipinski definition) is 0. The molecule has 0 amide bonds. The maximum Gasteiger partial charge on any atom is 0.116 e.